The number of pyridine rings is 1. The van der Waals surface area contributed by atoms with Crippen LogP contribution in [0.15, 0.2) is 54.6 Å². The number of benzene rings is 2. The van der Waals surface area contributed by atoms with Crippen LogP contribution in [0.5, 0.6) is 0 Å². The third kappa shape index (κ3) is 2.41. The number of alkyl halides is 1. The van der Waals surface area contributed by atoms with E-state index in [-0.39, 0.29) is 0 Å². The van der Waals surface area contributed by atoms with Crippen LogP contribution in [0.3, 0.4) is 0 Å². The first-order chi connectivity index (χ1) is 9.28. The molecule has 0 fully saturated rings. The molecule has 1 nitrogen and oxygen atoms in total. The van der Waals surface area contributed by atoms with Crippen molar-refractivity contribution in [2.45, 2.75) is 12.3 Å². The average molecular weight is 312 g/mol. The highest BCUT2D eigenvalue weighted by Gasteiger charge is 2.08. The van der Waals surface area contributed by atoms with E-state index in [1.165, 1.54) is 22.1 Å². The second-order valence-corrected chi connectivity index (χ2v) is 5.25. The molecule has 0 unspecified atom stereocenters. The molecule has 2 aromatic carbocycles. The predicted molar refractivity (Wildman–Crippen MR) is 84.5 cm³/mol. The minimum Gasteiger partial charge on any atom is -0.247 e. The Hall–Kier alpha value is -1.67. The molecule has 0 atom stereocenters. The molecule has 0 saturated carbocycles. The van der Waals surface area contributed by atoms with Crippen LogP contribution < -0.4 is 0 Å². The van der Waals surface area contributed by atoms with Gasteiger partial charge in [0.2, 0.25) is 0 Å². The lowest BCUT2D eigenvalue weighted by atomic mass is 10.0. The van der Waals surface area contributed by atoms with Crippen molar-refractivity contribution in [1.82, 2.24) is 4.98 Å². The van der Waals surface area contributed by atoms with E-state index in [1.54, 1.807) is 0 Å². The van der Waals surface area contributed by atoms with Gasteiger partial charge >= 0.3 is 0 Å². The van der Waals surface area contributed by atoms with Crippen LogP contribution in [0.1, 0.15) is 11.1 Å². The van der Waals surface area contributed by atoms with Gasteiger partial charge in [-0.2, -0.15) is 0 Å². The van der Waals surface area contributed by atoms with E-state index in [4.69, 9.17) is 4.98 Å². The van der Waals surface area contributed by atoms with E-state index < -0.39 is 0 Å². The van der Waals surface area contributed by atoms with Gasteiger partial charge in [-0.05, 0) is 30.2 Å². The first-order valence-corrected chi connectivity index (χ1v) is 7.42. The molecule has 94 valence electrons. The van der Waals surface area contributed by atoms with Gasteiger partial charge in [-0.1, -0.05) is 58.4 Å². The van der Waals surface area contributed by atoms with E-state index in [9.17, 15) is 0 Å². The number of halogens is 1. The maximum absolute atomic E-state index is 4.85. The quantitative estimate of drug-likeness (QED) is 0.600. The van der Waals surface area contributed by atoms with Crippen LogP contribution in [0.2, 0.25) is 0 Å². The number of nitrogens with zero attached hydrogens (tertiary/aromatic N) is 1. The Bertz CT molecular complexity index is 720. The fourth-order valence-corrected chi connectivity index (χ4v) is 2.70. The summed E-state index contributed by atoms with van der Waals surface area (Å²) in [5, 5.41) is 2.01. The van der Waals surface area contributed by atoms with Gasteiger partial charge in [-0.3, -0.25) is 0 Å². The highest BCUT2D eigenvalue weighted by atomic mass is 79.9. The van der Waals surface area contributed by atoms with Crippen LogP contribution >= 0.6 is 15.9 Å². The molecule has 0 aliphatic carbocycles. The number of hydrogen-bond donors (Lipinski definition) is 0. The largest absolute Gasteiger partial charge is 0.247 e. The zero-order valence-corrected chi connectivity index (χ0v) is 12.3. The van der Waals surface area contributed by atoms with Gasteiger partial charge in [0, 0.05) is 16.3 Å². The van der Waals surface area contributed by atoms with E-state index >= 15 is 0 Å². The van der Waals surface area contributed by atoms with Crippen LogP contribution in [0, 0.1) is 6.92 Å². The van der Waals surface area contributed by atoms with Gasteiger partial charge in [-0.15, -0.1) is 0 Å². The SMILES string of the molecule is Cc1ccc2cc(CBr)c(-c3ccccc3)nc2c1. The van der Waals surface area contributed by atoms with Crippen molar-refractivity contribution in [3.63, 3.8) is 0 Å². The molecule has 3 rings (SSSR count). The Kier molecular flexibility index (Phi) is 3.34. The summed E-state index contributed by atoms with van der Waals surface area (Å²) in [7, 11) is 0. The highest BCUT2D eigenvalue weighted by molar-refractivity contribution is 9.08. The van der Waals surface area contributed by atoms with Crippen LogP contribution in [-0.4, -0.2) is 4.98 Å². The van der Waals surface area contributed by atoms with Gasteiger partial charge in [0.15, 0.2) is 0 Å². The second kappa shape index (κ2) is 5.14. The first kappa shape index (κ1) is 12.4. The molecule has 1 heterocycles. The van der Waals surface area contributed by atoms with Crippen molar-refractivity contribution in [1.29, 1.82) is 0 Å². The standard InChI is InChI=1S/C17H14BrN/c1-12-7-8-14-10-15(11-18)17(19-16(14)9-12)13-5-3-2-4-6-13/h2-10H,11H2,1H3. The Balaban J connectivity index is 2.28. The molecule has 0 bridgehead atoms. The van der Waals surface area contributed by atoms with Crippen molar-refractivity contribution < 1.29 is 0 Å². The maximum Gasteiger partial charge on any atom is 0.0750 e. The van der Waals surface area contributed by atoms with Crippen LogP contribution in [0.4, 0.5) is 0 Å². The zero-order valence-electron chi connectivity index (χ0n) is 10.7. The number of aromatic nitrogens is 1. The van der Waals surface area contributed by atoms with Gasteiger partial charge in [0.25, 0.3) is 0 Å². The Morgan fingerprint density at radius 1 is 1.00 bits per heavy atom. The summed E-state index contributed by atoms with van der Waals surface area (Å²) >= 11 is 3.57. The molecule has 2 heteroatoms. The summed E-state index contributed by atoms with van der Waals surface area (Å²) in [4.78, 5) is 4.85. The summed E-state index contributed by atoms with van der Waals surface area (Å²) < 4.78 is 0. The molecular weight excluding hydrogens is 298 g/mol. The molecule has 0 saturated heterocycles. The molecule has 0 aliphatic heterocycles. The summed E-state index contributed by atoms with van der Waals surface area (Å²) in [6, 6.07) is 19.0. The maximum atomic E-state index is 4.85. The lowest BCUT2D eigenvalue weighted by Crippen LogP contribution is -1.92. The van der Waals surface area contributed by atoms with Gasteiger partial charge < -0.3 is 0 Å². The Labute approximate surface area is 121 Å². The molecule has 0 radical (unpaired) electrons. The Morgan fingerprint density at radius 3 is 2.53 bits per heavy atom. The van der Waals surface area contributed by atoms with E-state index in [0.717, 1.165) is 16.5 Å². The minimum absolute atomic E-state index is 0.814. The third-order valence-corrected chi connectivity index (χ3v) is 3.85. The molecular formula is C17H14BrN. The van der Waals surface area contributed by atoms with Crippen molar-refractivity contribution in [3.8, 4) is 11.3 Å². The molecule has 0 aliphatic rings. The summed E-state index contributed by atoms with van der Waals surface area (Å²) in [5.41, 5.74) is 5.76. The molecule has 0 N–H and O–H groups in total. The highest BCUT2D eigenvalue weighted by Crippen LogP contribution is 2.27. The minimum atomic E-state index is 0.814. The number of aryl methyl sites for hydroxylation is 1. The zero-order chi connectivity index (χ0) is 13.2. The van der Waals surface area contributed by atoms with Gasteiger partial charge in [-0.25, -0.2) is 4.98 Å². The topological polar surface area (TPSA) is 12.9 Å². The Morgan fingerprint density at radius 2 is 1.79 bits per heavy atom. The van der Waals surface area contributed by atoms with Crippen molar-refractivity contribution in [2.24, 2.45) is 0 Å². The van der Waals surface area contributed by atoms with Crippen LogP contribution in [-0.2, 0) is 5.33 Å². The lowest BCUT2D eigenvalue weighted by Gasteiger charge is -2.09. The summed E-state index contributed by atoms with van der Waals surface area (Å²) in [6.45, 7) is 2.10. The summed E-state index contributed by atoms with van der Waals surface area (Å²) in [6.07, 6.45) is 0. The molecule has 3 aromatic rings. The second-order valence-electron chi connectivity index (χ2n) is 4.69. The van der Waals surface area contributed by atoms with E-state index in [0.29, 0.717) is 0 Å². The number of hydrogen-bond acceptors (Lipinski definition) is 1. The molecule has 19 heavy (non-hydrogen) atoms. The monoisotopic (exact) mass is 311 g/mol. The van der Waals surface area contributed by atoms with Crippen LogP contribution in [0.25, 0.3) is 22.2 Å². The van der Waals surface area contributed by atoms with E-state index in [2.05, 4.69) is 71.4 Å². The fourth-order valence-electron chi connectivity index (χ4n) is 2.27. The number of rotatable bonds is 2. The predicted octanol–water partition coefficient (Wildman–Crippen LogP) is 5.11. The van der Waals surface area contributed by atoms with Crippen molar-refractivity contribution in [3.05, 3.63) is 65.7 Å². The van der Waals surface area contributed by atoms with Gasteiger partial charge in [0.1, 0.15) is 0 Å². The first-order valence-electron chi connectivity index (χ1n) is 6.29. The van der Waals surface area contributed by atoms with Crippen molar-refractivity contribution >= 4 is 26.8 Å². The van der Waals surface area contributed by atoms with E-state index in [1.807, 2.05) is 6.07 Å². The smallest absolute Gasteiger partial charge is 0.0750 e. The fraction of sp³-hybridized carbons (Fsp3) is 0.118. The normalized spacial score (nSPS) is 10.8. The lowest BCUT2D eigenvalue weighted by molar-refractivity contribution is 1.31. The molecule has 0 spiro atoms. The number of fused-ring (bicyclic) bond motifs is 1. The molecule has 1 aromatic heterocycles. The average Bonchev–Trinajstić information content (AvgIpc) is 2.46. The summed E-state index contributed by atoms with van der Waals surface area (Å²) in [5.74, 6) is 0. The van der Waals surface area contributed by atoms with Gasteiger partial charge in [0.05, 0.1) is 11.2 Å². The third-order valence-electron chi connectivity index (χ3n) is 3.24. The van der Waals surface area contributed by atoms with Crippen molar-refractivity contribution in [2.75, 3.05) is 0 Å². The molecule has 0 amide bonds.